The third-order valence-electron chi connectivity index (χ3n) is 2.84. The highest BCUT2D eigenvalue weighted by Crippen LogP contribution is 2.16. The van der Waals surface area contributed by atoms with Crippen molar-refractivity contribution < 1.29 is 9.13 Å². The molecule has 0 unspecified atom stereocenters. The molecule has 23 heavy (non-hydrogen) atoms. The molecular formula is C16H13FN4OS. The molecule has 0 aliphatic heterocycles. The lowest BCUT2D eigenvalue weighted by Gasteiger charge is -2.07. The first kappa shape index (κ1) is 16.4. The van der Waals surface area contributed by atoms with Crippen LogP contribution in [0, 0.1) is 17.1 Å². The van der Waals surface area contributed by atoms with E-state index in [4.69, 9.17) is 15.7 Å². The molecule has 0 amide bonds. The number of nitriles is 1. The average molecular weight is 328 g/mol. The summed E-state index contributed by atoms with van der Waals surface area (Å²) in [7, 11) is 0. The van der Waals surface area contributed by atoms with Gasteiger partial charge in [0.1, 0.15) is 18.2 Å². The summed E-state index contributed by atoms with van der Waals surface area (Å²) < 4.78 is 19.3. The molecule has 2 aromatic carbocycles. The Bertz CT molecular complexity index is 769. The molecule has 0 atom stereocenters. The standard InChI is InChI=1S/C16H13FN4OS/c17-15-7-12(8-18)1-4-13(15)10-22-14-5-2-11(3-6-14)9-20-21-16(19)23/h1-7,9H,10H2,(H3,19,21,23). The van der Waals surface area contributed by atoms with Gasteiger partial charge < -0.3 is 10.5 Å². The summed E-state index contributed by atoms with van der Waals surface area (Å²) in [6.45, 7) is 0.0774. The predicted molar refractivity (Wildman–Crippen MR) is 89.4 cm³/mol. The van der Waals surface area contributed by atoms with Gasteiger partial charge in [-0.3, -0.25) is 5.43 Å². The molecule has 7 heteroatoms. The highest BCUT2D eigenvalue weighted by Gasteiger charge is 2.04. The minimum absolute atomic E-state index is 0.0774. The number of nitrogens with one attached hydrogen (secondary N) is 1. The zero-order valence-corrected chi connectivity index (χ0v) is 12.8. The number of nitrogens with zero attached hydrogens (tertiary/aromatic N) is 2. The van der Waals surface area contributed by atoms with E-state index in [0.717, 1.165) is 5.56 Å². The number of hydrogen-bond acceptors (Lipinski definition) is 4. The zero-order valence-electron chi connectivity index (χ0n) is 12.0. The zero-order chi connectivity index (χ0) is 16.7. The van der Waals surface area contributed by atoms with Gasteiger partial charge in [-0.1, -0.05) is 6.07 Å². The van der Waals surface area contributed by atoms with Crippen LogP contribution in [-0.4, -0.2) is 11.3 Å². The summed E-state index contributed by atoms with van der Waals surface area (Å²) >= 11 is 4.62. The largest absolute Gasteiger partial charge is 0.489 e. The second-order valence-corrected chi connectivity index (χ2v) is 4.95. The van der Waals surface area contributed by atoms with Crippen molar-refractivity contribution in [2.75, 3.05) is 0 Å². The Morgan fingerprint density at radius 3 is 2.70 bits per heavy atom. The maximum absolute atomic E-state index is 13.7. The first-order valence-corrected chi connectivity index (χ1v) is 6.99. The topological polar surface area (TPSA) is 83.4 Å². The van der Waals surface area contributed by atoms with Crippen LogP contribution in [0.15, 0.2) is 47.6 Å². The number of ether oxygens (including phenoxy) is 1. The molecule has 2 rings (SSSR count). The Balaban J connectivity index is 1.95. The first-order valence-electron chi connectivity index (χ1n) is 6.58. The average Bonchev–Trinajstić information content (AvgIpc) is 2.54. The van der Waals surface area contributed by atoms with Crippen molar-refractivity contribution in [1.29, 1.82) is 5.26 Å². The second kappa shape index (κ2) is 7.87. The number of hydrazone groups is 1. The highest BCUT2D eigenvalue weighted by molar-refractivity contribution is 7.80. The fourth-order valence-corrected chi connectivity index (χ4v) is 1.77. The fourth-order valence-electron chi connectivity index (χ4n) is 1.72. The third-order valence-corrected chi connectivity index (χ3v) is 2.94. The van der Waals surface area contributed by atoms with Crippen LogP contribution in [0.2, 0.25) is 0 Å². The summed E-state index contributed by atoms with van der Waals surface area (Å²) in [4.78, 5) is 0. The van der Waals surface area contributed by atoms with Crippen LogP contribution in [0.4, 0.5) is 4.39 Å². The van der Waals surface area contributed by atoms with Crippen molar-refractivity contribution in [3.8, 4) is 11.8 Å². The van der Waals surface area contributed by atoms with Gasteiger partial charge in [0.2, 0.25) is 0 Å². The molecule has 0 bridgehead atoms. The lowest BCUT2D eigenvalue weighted by Crippen LogP contribution is -2.23. The van der Waals surface area contributed by atoms with E-state index in [-0.39, 0.29) is 17.3 Å². The van der Waals surface area contributed by atoms with Crippen molar-refractivity contribution in [2.24, 2.45) is 10.8 Å². The number of benzene rings is 2. The molecule has 0 fully saturated rings. The normalized spacial score (nSPS) is 10.3. The van der Waals surface area contributed by atoms with Gasteiger partial charge in [0, 0.05) is 5.56 Å². The summed E-state index contributed by atoms with van der Waals surface area (Å²) in [6.07, 6.45) is 1.56. The van der Waals surface area contributed by atoms with Crippen molar-refractivity contribution in [3.05, 3.63) is 65.0 Å². The Morgan fingerprint density at radius 1 is 1.35 bits per heavy atom. The lowest BCUT2D eigenvalue weighted by molar-refractivity contribution is 0.300. The second-order valence-electron chi connectivity index (χ2n) is 4.51. The quantitative estimate of drug-likeness (QED) is 0.500. The van der Waals surface area contributed by atoms with E-state index < -0.39 is 5.82 Å². The van der Waals surface area contributed by atoms with Crippen molar-refractivity contribution in [3.63, 3.8) is 0 Å². The minimum Gasteiger partial charge on any atom is -0.489 e. The van der Waals surface area contributed by atoms with Crippen LogP contribution >= 0.6 is 12.2 Å². The molecule has 5 nitrogen and oxygen atoms in total. The lowest BCUT2D eigenvalue weighted by atomic mass is 10.1. The monoisotopic (exact) mass is 328 g/mol. The molecule has 116 valence electrons. The summed E-state index contributed by atoms with van der Waals surface area (Å²) in [5.74, 6) is 0.129. The Kier molecular flexibility index (Phi) is 5.61. The predicted octanol–water partition coefficient (Wildman–Crippen LogP) is 2.44. The van der Waals surface area contributed by atoms with E-state index in [0.29, 0.717) is 11.3 Å². The Morgan fingerprint density at radius 2 is 2.09 bits per heavy atom. The maximum Gasteiger partial charge on any atom is 0.184 e. The molecule has 0 saturated carbocycles. The Labute approximate surface area is 138 Å². The minimum atomic E-state index is -0.461. The van der Waals surface area contributed by atoms with Gasteiger partial charge in [-0.15, -0.1) is 0 Å². The molecule has 0 aliphatic rings. The Hall–Kier alpha value is -2.98. The van der Waals surface area contributed by atoms with Gasteiger partial charge in [-0.2, -0.15) is 10.4 Å². The fraction of sp³-hybridized carbons (Fsp3) is 0.0625. The van der Waals surface area contributed by atoms with E-state index in [1.807, 2.05) is 6.07 Å². The highest BCUT2D eigenvalue weighted by atomic mass is 32.1. The van der Waals surface area contributed by atoms with E-state index >= 15 is 0 Å². The van der Waals surface area contributed by atoms with Gasteiger partial charge in [0.05, 0.1) is 17.8 Å². The SMILES string of the molecule is N#Cc1ccc(COc2ccc(C=NNC(N)=S)cc2)c(F)c1. The molecular weight excluding hydrogens is 315 g/mol. The molecule has 0 aromatic heterocycles. The number of thiocarbonyl (C=S) groups is 1. The van der Waals surface area contributed by atoms with Gasteiger partial charge in [-0.25, -0.2) is 4.39 Å². The molecule has 0 aliphatic carbocycles. The van der Waals surface area contributed by atoms with E-state index in [1.54, 1.807) is 36.5 Å². The molecule has 0 heterocycles. The first-order chi connectivity index (χ1) is 11.1. The number of rotatable bonds is 5. The van der Waals surface area contributed by atoms with Gasteiger partial charge in [-0.05, 0) is 54.2 Å². The number of hydrogen-bond donors (Lipinski definition) is 2. The smallest absolute Gasteiger partial charge is 0.184 e. The summed E-state index contributed by atoms with van der Waals surface area (Å²) in [6, 6.07) is 13.2. The molecule has 2 aromatic rings. The molecule has 0 radical (unpaired) electrons. The van der Waals surface area contributed by atoms with Crippen LogP contribution in [0.1, 0.15) is 16.7 Å². The van der Waals surface area contributed by atoms with E-state index in [2.05, 4.69) is 22.7 Å². The van der Waals surface area contributed by atoms with Crippen LogP contribution in [0.25, 0.3) is 0 Å². The third kappa shape index (κ3) is 5.05. The van der Waals surface area contributed by atoms with Gasteiger partial charge in [0.15, 0.2) is 5.11 Å². The number of halogens is 1. The summed E-state index contributed by atoms with van der Waals surface area (Å²) in [5, 5.41) is 12.6. The van der Waals surface area contributed by atoms with Gasteiger partial charge >= 0.3 is 0 Å². The van der Waals surface area contributed by atoms with Crippen molar-refractivity contribution in [2.45, 2.75) is 6.61 Å². The van der Waals surface area contributed by atoms with Crippen LogP contribution in [0.5, 0.6) is 5.75 Å². The number of nitrogens with two attached hydrogens (primary N) is 1. The van der Waals surface area contributed by atoms with Crippen LogP contribution in [-0.2, 0) is 6.61 Å². The van der Waals surface area contributed by atoms with Crippen LogP contribution < -0.4 is 15.9 Å². The molecule has 3 N–H and O–H groups in total. The summed E-state index contributed by atoms with van der Waals surface area (Å²) in [5.41, 5.74) is 9.19. The van der Waals surface area contributed by atoms with Crippen molar-refractivity contribution in [1.82, 2.24) is 5.43 Å². The van der Waals surface area contributed by atoms with Gasteiger partial charge in [0.25, 0.3) is 0 Å². The van der Waals surface area contributed by atoms with Crippen LogP contribution in [0.3, 0.4) is 0 Å². The molecule has 0 spiro atoms. The molecule has 0 saturated heterocycles. The van der Waals surface area contributed by atoms with E-state index in [1.165, 1.54) is 12.1 Å². The van der Waals surface area contributed by atoms with E-state index in [9.17, 15) is 4.39 Å². The maximum atomic E-state index is 13.7. The van der Waals surface area contributed by atoms with Crippen molar-refractivity contribution >= 4 is 23.5 Å².